The van der Waals surface area contributed by atoms with Crippen LogP contribution < -0.4 is 0 Å². The normalized spacial score (nSPS) is 11.3. The molecule has 0 bridgehead atoms. The molecule has 0 aromatic carbocycles. The Hall–Kier alpha value is -2.36. The van der Waals surface area contributed by atoms with E-state index in [1.807, 2.05) is 24.3 Å². The maximum absolute atomic E-state index is 3.99. The van der Waals surface area contributed by atoms with Crippen molar-refractivity contribution in [2.45, 2.75) is 12.8 Å². The van der Waals surface area contributed by atoms with Crippen molar-refractivity contribution < 1.29 is 0 Å². The summed E-state index contributed by atoms with van der Waals surface area (Å²) in [5.74, 6) is 0. The average molecular weight is 238 g/mol. The quantitative estimate of drug-likeness (QED) is 0.593. The van der Waals surface area contributed by atoms with Crippen molar-refractivity contribution in [3.05, 3.63) is 60.2 Å². The molecule has 2 rings (SSSR count). The molecule has 0 atom stereocenters. The van der Waals surface area contributed by atoms with E-state index in [2.05, 4.69) is 20.2 Å². The summed E-state index contributed by atoms with van der Waals surface area (Å²) in [5.41, 5.74) is 2.36. The van der Waals surface area contributed by atoms with Crippen molar-refractivity contribution in [1.29, 1.82) is 0 Å². The van der Waals surface area contributed by atoms with Crippen LogP contribution in [0.3, 0.4) is 0 Å². The molecule has 0 aliphatic rings. The molecule has 0 fully saturated rings. The zero-order valence-corrected chi connectivity index (χ0v) is 9.98. The topological polar surface area (TPSA) is 50.5 Å². The van der Waals surface area contributed by atoms with E-state index in [0.29, 0.717) is 0 Å². The summed E-state index contributed by atoms with van der Waals surface area (Å²) in [6.45, 7) is 0. The number of hydrogen-bond donors (Lipinski definition) is 0. The molecule has 2 aromatic heterocycles. The van der Waals surface area contributed by atoms with Crippen LogP contribution in [0.1, 0.15) is 11.1 Å². The van der Waals surface area contributed by atoms with Gasteiger partial charge in [-0.3, -0.25) is 9.97 Å². The Labute approximate surface area is 106 Å². The average Bonchev–Trinajstić information content (AvgIpc) is 2.45. The molecule has 0 aliphatic carbocycles. The van der Waals surface area contributed by atoms with Gasteiger partial charge in [0.2, 0.25) is 0 Å². The predicted molar refractivity (Wildman–Crippen MR) is 72.9 cm³/mol. The summed E-state index contributed by atoms with van der Waals surface area (Å²) in [5, 5.41) is 7.98. The fourth-order valence-electron chi connectivity index (χ4n) is 1.42. The van der Waals surface area contributed by atoms with Crippen LogP contribution in [-0.4, -0.2) is 22.4 Å². The van der Waals surface area contributed by atoms with Crippen molar-refractivity contribution >= 4 is 12.4 Å². The smallest absolute Gasteiger partial charge is 0.0313 e. The lowest BCUT2D eigenvalue weighted by atomic mass is 10.2. The summed E-state index contributed by atoms with van der Waals surface area (Å²) in [6, 6.07) is 7.86. The van der Waals surface area contributed by atoms with Gasteiger partial charge < -0.3 is 0 Å². The summed E-state index contributed by atoms with van der Waals surface area (Å²) in [7, 11) is 0. The zero-order chi connectivity index (χ0) is 12.5. The molecule has 0 unspecified atom stereocenters. The molecule has 4 nitrogen and oxygen atoms in total. The van der Waals surface area contributed by atoms with E-state index in [0.717, 1.165) is 12.8 Å². The molecule has 0 amide bonds. The van der Waals surface area contributed by atoms with Gasteiger partial charge in [-0.25, -0.2) is 0 Å². The Morgan fingerprint density at radius 1 is 0.722 bits per heavy atom. The Kier molecular flexibility index (Phi) is 4.75. The molecule has 0 N–H and O–H groups in total. The number of hydrogen-bond acceptors (Lipinski definition) is 4. The van der Waals surface area contributed by atoms with Crippen LogP contribution in [0, 0.1) is 0 Å². The molecule has 0 spiro atoms. The third-order valence-corrected chi connectivity index (χ3v) is 2.38. The van der Waals surface area contributed by atoms with Crippen molar-refractivity contribution in [2.75, 3.05) is 0 Å². The molecule has 90 valence electrons. The molecule has 0 saturated heterocycles. The number of aromatic nitrogens is 2. The summed E-state index contributed by atoms with van der Waals surface area (Å²) in [4.78, 5) is 7.91. The van der Waals surface area contributed by atoms with Crippen LogP contribution in [0.4, 0.5) is 0 Å². The Balaban J connectivity index is 1.75. The van der Waals surface area contributed by atoms with Crippen molar-refractivity contribution in [1.82, 2.24) is 9.97 Å². The highest BCUT2D eigenvalue weighted by Gasteiger charge is 1.87. The lowest BCUT2D eigenvalue weighted by Crippen LogP contribution is -1.87. The van der Waals surface area contributed by atoms with Crippen molar-refractivity contribution in [3.63, 3.8) is 0 Å². The largest absolute Gasteiger partial charge is 0.265 e. The van der Waals surface area contributed by atoms with Crippen LogP contribution in [0.5, 0.6) is 0 Å². The van der Waals surface area contributed by atoms with Gasteiger partial charge in [0, 0.05) is 50.1 Å². The van der Waals surface area contributed by atoms with Gasteiger partial charge in [0.15, 0.2) is 0 Å². The molecule has 4 heteroatoms. The molecule has 0 aliphatic heterocycles. The van der Waals surface area contributed by atoms with Gasteiger partial charge in [-0.1, -0.05) is 0 Å². The maximum atomic E-state index is 3.99. The predicted octanol–water partition coefficient (Wildman–Crippen LogP) is 2.32. The Morgan fingerprint density at radius 3 is 1.50 bits per heavy atom. The van der Waals surface area contributed by atoms with E-state index in [9.17, 15) is 0 Å². The monoisotopic (exact) mass is 238 g/mol. The van der Waals surface area contributed by atoms with Gasteiger partial charge in [0.25, 0.3) is 0 Å². The molecule has 2 heterocycles. The van der Waals surface area contributed by atoms with E-state index in [1.54, 1.807) is 37.2 Å². The van der Waals surface area contributed by atoms with E-state index in [1.165, 1.54) is 11.1 Å². The standard InChI is InChI=1S/C14H14N4/c1-7-15-8-2-13(1)5-11-17-18-12-6-14-3-9-16-10-4-14/h1-4,7-12H,5-6H2/b17-11-,18-12-. The van der Waals surface area contributed by atoms with Crippen molar-refractivity contribution in [3.8, 4) is 0 Å². The first-order chi connectivity index (χ1) is 8.95. The van der Waals surface area contributed by atoms with Gasteiger partial charge in [0.1, 0.15) is 0 Å². The number of nitrogens with zero attached hydrogens (tertiary/aromatic N) is 4. The van der Waals surface area contributed by atoms with Crippen LogP contribution in [0.25, 0.3) is 0 Å². The first-order valence-electron chi connectivity index (χ1n) is 5.76. The van der Waals surface area contributed by atoms with E-state index >= 15 is 0 Å². The van der Waals surface area contributed by atoms with Gasteiger partial charge in [-0.15, -0.1) is 0 Å². The minimum absolute atomic E-state index is 0.773. The van der Waals surface area contributed by atoms with E-state index in [4.69, 9.17) is 0 Å². The third kappa shape index (κ3) is 4.25. The summed E-state index contributed by atoms with van der Waals surface area (Å²) < 4.78 is 0. The minimum Gasteiger partial charge on any atom is -0.265 e. The third-order valence-electron chi connectivity index (χ3n) is 2.38. The molecule has 0 radical (unpaired) electrons. The van der Waals surface area contributed by atoms with E-state index < -0.39 is 0 Å². The van der Waals surface area contributed by atoms with Gasteiger partial charge in [0.05, 0.1) is 0 Å². The second kappa shape index (κ2) is 7.06. The molecule has 2 aromatic rings. The molecule has 18 heavy (non-hydrogen) atoms. The van der Waals surface area contributed by atoms with Crippen LogP contribution in [0.15, 0.2) is 59.3 Å². The fraction of sp³-hybridized carbons (Fsp3) is 0.143. The van der Waals surface area contributed by atoms with Crippen LogP contribution in [0.2, 0.25) is 0 Å². The second-order valence-corrected chi connectivity index (χ2v) is 3.72. The lowest BCUT2D eigenvalue weighted by Gasteiger charge is -1.92. The summed E-state index contributed by atoms with van der Waals surface area (Å²) >= 11 is 0. The maximum Gasteiger partial charge on any atom is 0.0313 e. The minimum atomic E-state index is 0.773. The van der Waals surface area contributed by atoms with Gasteiger partial charge in [-0.2, -0.15) is 10.2 Å². The molecule has 0 saturated carbocycles. The number of pyridine rings is 2. The highest BCUT2D eigenvalue weighted by molar-refractivity contribution is 5.65. The first-order valence-corrected chi connectivity index (χ1v) is 5.76. The molecular weight excluding hydrogens is 224 g/mol. The first kappa shape index (κ1) is 12.1. The van der Waals surface area contributed by atoms with Crippen LogP contribution >= 0.6 is 0 Å². The van der Waals surface area contributed by atoms with Gasteiger partial charge in [-0.05, 0) is 35.4 Å². The molecular formula is C14H14N4. The fourth-order valence-corrected chi connectivity index (χ4v) is 1.42. The van der Waals surface area contributed by atoms with E-state index in [-0.39, 0.29) is 0 Å². The highest BCUT2D eigenvalue weighted by atomic mass is 15.2. The Morgan fingerprint density at radius 2 is 1.11 bits per heavy atom. The zero-order valence-electron chi connectivity index (χ0n) is 9.98. The van der Waals surface area contributed by atoms with Crippen LogP contribution in [-0.2, 0) is 12.8 Å². The second-order valence-electron chi connectivity index (χ2n) is 3.72. The van der Waals surface area contributed by atoms with Crippen molar-refractivity contribution in [2.24, 2.45) is 10.2 Å². The summed E-state index contributed by atoms with van der Waals surface area (Å²) in [6.07, 6.45) is 12.2. The highest BCUT2D eigenvalue weighted by Crippen LogP contribution is 1.96. The number of rotatable bonds is 5. The van der Waals surface area contributed by atoms with Gasteiger partial charge >= 0.3 is 0 Å². The lowest BCUT2D eigenvalue weighted by molar-refractivity contribution is 1.19. The SMILES string of the molecule is C(/Cc1ccncc1)=N/N=C\Cc1ccncc1. The Bertz CT molecular complexity index is 456.